The van der Waals surface area contributed by atoms with Gasteiger partial charge in [-0.2, -0.15) is 0 Å². The molecule has 2 rings (SSSR count). The molecule has 18 heavy (non-hydrogen) atoms. The molecule has 0 saturated heterocycles. The number of nitrogens with one attached hydrogen (secondary N) is 1. The lowest BCUT2D eigenvalue weighted by Gasteiger charge is -2.18. The molecule has 1 heterocycles. The molecule has 0 aliphatic rings. The molecule has 1 aromatic heterocycles. The summed E-state index contributed by atoms with van der Waals surface area (Å²) < 4.78 is 10.6. The highest BCUT2D eigenvalue weighted by Gasteiger charge is 2.13. The SMILES string of the molecule is COc1ccc(C)c(NC(CN)c2ccco2)c1. The van der Waals surface area contributed by atoms with Crippen molar-refractivity contribution in [2.45, 2.75) is 13.0 Å². The van der Waals surface area contributed by atoms with Gasteiger partial charge in [-0.25, -0.2) is 0 Å². The Balaban J connectivity index is 2.21. The molecule has 1 unspecified atom stereocenters. The van der Waals surface area contributed by atoms with Crippen molar-refractivity contribution in [3.63, 3.8) is 0 Å². The Morgan fingerprint density at radius 1 is 1.39 bits per heavy atom. The number of methoxy groups -OCH3 is 1. The quantitative estimate of drug-likeness (QED) is 0.851. The molecular formula is C14H18N2O2. The predicted octanol–water partition coefficient (Wildman–Crippen LogP) is 2.71. The van der Waals surface area contributed by atoms with Crippen LogP contribution >= 0.6 is 0 Å². The average Bonchev–Trinajstić information content (AvgIpc) is 2.91. The Hall–Kier alpha value is -1.94. The molecule has 4 heteroatoms. The van der Waals surface area contributed by atoms with E-state index in [1.54, 1.807) is 13.4 Å². The molecule has 0 amide bonds. The topological polar surface area (TPSA) is 60.4 Å². The minimum Gasteiger partial charge on any atom is -0.497 e. The summed E-state index contributed by atoms with van der Waals surface area (Å²) in [5.41, 5.74) is 7.92. The summed E-state index contributed by atoms with van der Waals surface area (Å²) in [5.74, 6) is 1.65. The van der Waals surface area contributed by atoms with Gasteiger partial charge in [-0.3, -0.25) is 0 Å². The van der Waals surface area contributed by atoms with Gasteiger partial charge in [0.05, 0.1) is 19.4 Å². The first kappa shape index (κ1) is 12.5. The highest BCUT2D eigenvalue weighted by atomic mass is 16.5. The molecule has 0 saturated carbocycles. The van der Waals surface area contributed by atoms with E-state index in [1.807, 2.05) is 37.3 Å². The minimum atomic E-state index is -0.0363. The zero-order chi connectivity index (χ0) is 13.0. The smallest absolute Gasteiger partial charge is 0.127 e. The van der Waals surface area contributed by atoms with Crippen LogP contribution < -0.4 is 15.8 Å². The van der Waals surface area contributed by atoms with Crippen LogP contribution in [0.1, 0.15) is 17.4 Å². The molecule has 3 N–H and O–H groups in total. The molecule has 1 aromatic carbocycles. The van der Waals surface area contributed by atoms with Crippen LogP contribution in [0.4, 0.5) is 5.69 Å². The second kappa shape index (κ2) is 5.60. The molecule has 0 spiro atoms. The molecule has 2 aromatic rings. The average molecular weight is 246 g/mol. The maximum absolute atomic E-state index is 5.78. The van der Waals surface area contributed by atoms with E-state index in [2.05, 4.69) is 5.32 Å². The number of benzene rings is 1. The van der Waals surface area contributed by atoms with E-state index in [0.717, 1.165) is 22.8 Å². The Labute approximate surface area is 107 Å². The van der Waals surface area contributed by atoms with Crippen molar-refractivity contribution in [2.24, 2.45) is 5.73 Å². The van der Waals surface area contributed by atoms with E-state index in [9.17, 15) is 0 Å². The van der Waals surface area contributed by atoms with Crippen LogP contribution in [0.5, 0.6) is 5.75 Å². The van der Waals surface area contributed by atoms with Crippen LogP contribution in [0, 0.1) is 6.92 Å². The van der Waals surface area contributed by atoms with E-state index in [4.69, 9.17) is 14.9 Å². The van der Waals surface area contributed by atoms with Gasteiger partial charge in [-0.15, -0.1) is 0 Å². The molecule has 1 atom stereocenters. The number of furan rings is 1. The number of rotatable bonds is 5. The molecule has 0 bridgehead atoms. The van der Waals surface area contributed by atoms with Gasteiger partial charge in [0.15, 0.2) is 0 Å². The van der Waals surface area contributed by atoms with Crippen molar-refractivity contribution >= 4 is 5.69 Å². The van der Waals surface area contributed by atoms with Crippen LogP contribution in [0.3, 0.4) is 0 Å². The van der Waals surface area contributed by atoms with E-state index >= 15 is 0 Å². The van der Waals surface area contributed by atoms with Gasteiger partial charge < -0.3 is 20.2 Å². The van der Waals surface area contributed by atoms with Crippen LogP contribution in [0.25, 0.3) is 0 Å². The number of nitrogens with two attached hydrogens (primary N) is 1. The van der Waals surface area contributed by atoms with E-state index in [1.165, 1.54) is 0 Å². The van der Waals surface area contributed by atoms with Gasteiger partial charge >= 0.3 is 0 Å². The molecule has 0 aliphatic carbocycles. The molecule has 0 radical (unpaired) electrons. The van der Waals surface area contributed by atoms with Crippen LogP contribution in [-0.4, -0.2) is 13.7 Å². The van der Waals surface area contributed by atoms with Crippen LogP contribution in [0.2, 0.25) is 0 Å². The summed E-state index contributed by atoms with van der Waals surface area (Å²) in [6, 6.07) is 9.65. The number of anilines is 1. The van der Waals surface area contributed by atoms with Gasteiger partial charge in [0.25, 0.3) is 0 Å². The molecular weight excluding hydrogens is 228 g/mol. The van der Waals surface area contributed by atoms with E-state index < -0.39 is 0 Å². The van der Waals surface area contributed by atoms with Crippen LogP contribution in [0.15, 0.2) is 41.0 Å². The Kier molecular flexibility index (Phi) is 3.89. The molecule has 0 fully saturated rings. The summed E-state index contributed by atoms with van der Waals surface area (Å²) in [4.78, 5) is 0. The largest absolute Gasteiger partial charge is 0.497 e. The van der Waals surface area contributed by atoms with E-state index in [0.29, 0.717) is 6.54 Å². The van der Waals surface area contributed by atoms with Gasteiger partial charge in [-0.1, -0.05) is 6.07 Å². The van der Waals surface area contributed by atoms with Crippen molar-refractivity contribution in [3.8, 4) is 5.75 Å². The third-order valence-electron chi connectivity index (χ3n) is 2.90. The van der Waals surface area contributed by atoms with Gasteiger partial charge in [0.1, 0.15) is 11.5 Å². The van der Waals surface area contributed by atoms with E-state index in [-0.39, 0.29) is 6.04 Å². The fourth-order valence-electron chi connectivity index (χ4n) is 1.81. The normalized spacial score (nSPS) is 12.2. The second-order valence-corrected chi connectivity index (χ2v) is 4.13. The highest BCUT2D eigenvalue weighted by molar-refractivity contribution is 5.55. The fourth-order valence-corrected chi connectivity index (χ4v) is 1.81. The fraction of sp³-hybridized carbons (Fsp3) is 0.286. The summed E-state index contributed by atoms with van der Waals surface area (Å²) in [6.45, 7) is 2.50. The minimum absolute atomic E-state index is 0.0363. The monoisotopic (exact) mass is 246 g/mol. The van der Waals surface area contributed by atoms with Crippen molar-refractivity contribution in [1.29, 1.82) is 0 Å². The number of hydrogen-bond acceptors (Lipinski definition) is 4. The number of aryl methyl sites for hydroxylation is 1. The van der Waals surface area contributed by atoms with Gasteiger partial charge in [0, 0.05) is 18.3 Å². The van der Waals surface area contributed by atoms with Crippen molar-refractivity contribution in [3.05, 3.63) is 47.9 Å². The predicted molar refractivity (Wildman–Crippen MR) is 71.9 cm³/mol. The van der Waals surface area contributed by atoms with Crippen LogP contribution in [-0.2, 0) is 0 Å². The van der Waals surface area contributed by atoms with Crippen molar-refractivity contribution in [2.75, 3.05) is 19.0 Å². The zero-order valence-electron chi connectivity index (χ0n) is 10.6. The molecule has 4 nitrogen and oxygen atoms in total. The third-order valence-corrected chi connectivity index (χ3v) is 2.90. The van der Waals surface area contributed by atoms with Crippen molar-refractivity contribution < 1.29 is 9.15 Å². The maximum Gasteiger partial charge on any atom is 0.127 e. The van der Waals surface area contributed by atoms with Gasteiger partial charge in [-0.05, 0) is 30.7 Å². The first-order chi connectivity index (χ1) is 8.74. The number of ether oxygens (including phenoxy) is 1. The lowest BCUT2D eigenvalue weighted by Crippen LogP contribution is -2.20. The standard InChI is InChI=1S/C14H18N2O2/c1-10-5-6-11(17-2)8-12(10)16-13(9-15)14-4-3-7-18-14/h3-8,13,16H,9,15H2,1-2H3. The number of hydrogen-bond donors (Lipinski definition) is 2. The lowest BCUT2D eigenvalue weighted by atomic mass is 10.1. The highest BCUT2D eigenvalue weighted by Crippen LogP contribution is 2.26. The first-order valence-corrected chi connectivity index (χ1v) is 5.89. The maximum atomic E-state index is 5.78. The van der Waals surface area contributed by atoms with Crippen molar-refractivity contribution in [1.82, 2.24) is 0 Å². The Morgan fingerprint density at radius 2 is 2.22 bits per heavy atom. The summed E-state index contributed by atoms with van der Waals surface area (Å²) in [5, 5.41) is 3.38. The summed E-state index contributed by atoms with van der Waals surface area (Å²) in [7, 11) is 1.65. The summed E-state index contributed by atoms with van der Waals surface area (Å²) in [6.07, 6.45) is 1.65. The Bertz CT molecular complexity index is 495. The second-order valence-electron chi connectivity index (χ2n) is 4.13. The summed E-state index contributed by atoms with van der Waals surface area (Å²) >= 11 is 0. The third kappa shape index (κ3) is 2.65. The molecule has 0 aliphatic heterocycles. The zero-order valence-corrected chi connectivity index (χ0v) is 10.6. The first-order valence-electron chi connectivity index (χ1n) is 5.89. The Morgan fingerprint density at radius 3 is 2.83 bits per heavy atom. The lowest BCUT2D eigenvalue weighted by molar-refractivity contribution is 0.414. The molecule has 96 valence electrons. The van der Waals surface area contributed by atoms with Gasteiger partial charge in [0.2, 0.25) is 0 Å².